The average molecular weight is 337 g/mol. The third-order valence-electron chi connectivity index (χ3n) is 3.10. The predicted molar refractivity (Wildman–Crippen MR) is 89.0 cm³/mol. The summed E-state index contributed by atoms with van der Waals surface area (Å²) in [5.74, 6) is -0.399. The maximum absolute atomic E-state index is 12.4. The van der Waals surface area contributed by atoms with Crippen molar-refractivity contribution in [3.63, 3.8) is 0 Å². The highest BCUT2D eigenvalue weighted by Gasteiger charge is 2.15. The van der Waals surface area contributed by atoms with Crippen molar-refractivity contribution < 1.29 is 9.72 Å². The molecule has 0 bridgehead atoms. The van der Waals surface area contributed by atoms with Gasteiger partial charge in [-0.2, -0.15) is 0 Å². The van der Waals surface area contributed by atoms with E-state index in [2.05, 4.69) is 5.32 Å². The van der Waals surface area contributed by atoms with Gasteiger partial charge in [-0.1, -0.05) is 17.7 Å². The minimum Gasteiger partial charge on any atom is -0.321 e. The highest BCUT2D eigenvalue weighted by molar-refractivity contribution is 7.98. The van der Waals surface area contributed by atoms with E-state index in [0.717, 1.165) is 10.5 Å². The number of hydrogen-bond acceptors (Lipinski definition) is 4. The van der Waals surface area contributed by atoms with Gasteiger partial charge in [0.15, 0.2) is 0 Å². The maximum atomic E-state index is 12.4. The number of aryl methyl sites for hydroxylation is 1. The Balaban J connectivity index is 2.33. The molecule has 1 N–H and O–H groups in total. The van der Waals surface area contributed by atoms with Gasteiger partial charge in [-0.05, 0) is 36.9 Å². The second kappa shape index (κ2) is 6.81. The lowest BCUT2D eigenvalue weighted by molar-refractivity contribution is -0.384. The van der Waals surface area contributed by atoms with Crippen LogP contribution in [0.4, 0.5) is 11.4 Å². The number of carbonyl (C=O) groups is 1. The van der Waals surface area contributed by atoms with E-state index in [4.69, 9.17) is 11.6 Å². The lowest BCUT2D eigenvalue weighted by Crippen LogP contribution is -2.13. The van der Waals surface area contributed by atoms with Crippen LogP contribution in [0.15, 0.2) is 41.3 Å². The highest BCUT2D eigenvalue weighted by Crippen LogP contribution is 2.26. The number of carbonyl (C=O) groups excluding carboxylic acids is 1. The van der Waals surface area contributed by atoms with E-state index in [1.54, 1.807) is 25.1 Å². The van der Waals surface area contributed by atoms with Crippen molar-refractivity contribution in [3.8, 4) is 0 Å². The Morgan fingerprint density at radius 2 is 2.00 bits per heavy atom. The lowest BCUT2D eigenvalue weighted by atomic mass is 10.1. The molecule has 2 aromatic rings. The fourth-order valence-corrected chi connectivity index (χ4v) is 2.50. The molecule has 0 aliphatic carbocycles. The molecule has 7 heteroatoms. The van der Waals surface area contributed by atoms with Crippen LogP contribution in [0.25, 0.3) is 0 Å². The van der Waals surface area contributed by atoms with Crippen LogP contribution in [0.5, 0.6) is 0 Å². The normalized spacial score (nSPS) is 10.3. The molecule has 2 aromatic carbocycles. The summed E-state index contributed by atoms with van der Waals surface area (Å²) in [7, 11) is 0. The van der Waals surface area contributed by atoms with Crippen LogP contribution in [-0.2, 0) is 0 Å². The van der Waals surface area contributed by atoms with Crippen LogP contribution < -0.4 is 5.32 Å². The molecule has 0 radical (unpaired) electrons. The summed E-state index contributed by atoms with van der Waals surface area (Å²) < 4.78 is 0. The van der Waals surface area contributed by atoms with Crippen LogP contribution in [0, 0.1) is 17.0 Å². The average Bonchev–Trinajstić information content (AvgIpc) is 2.49. The van der Waals surface area contributed by atoms with Crippen molar-refractivity contribution in [2.75, 3.05) is 11.6 Å². The molecule has 2 rings (SSSR count). The van der Waals surface area contributed by atoms with Gasteiger partial charge in [0.05, 0.1) is 21.2 Å². The Kier molecular flexibility index (Phi) is 5.05. The van der Waals surface area contributed by atoms with Gasteiger partial charge in [0.2, 0.25) is 0 Å². The van der Waals surface area contributed by atoms with Gasteiger partial charge in [-0.25, -0.2) is 0 Å². The number of amides is 1. The molecule has 5 nitrogen and oxygen atoms in total. The predicted octanol–water partition coefficient (Wildman–Crippen LogP) is 4.53. The van der Waals surface area contributed by atoms with Crippen molar-refractivity contribution >= 4 is 40.6 Å². The zero-order chi connectivity index (χ0) is 16.3. The number of non-ortho nitro benzene ring substituents is 1. The van der Waals surface area contributed by atoms with Gasteiger partial charge in [0, 0.05) is 17.0 Å². The number of nitro benzene ring substituents is 1. The quantitative estimate of drug-likeness (QED) is 0.505. The maximum Gasteiger partial charge on any atom is 0.271 e. The molecule has 0 spiro atoms. The zero-order valence-electron chi connectivity index (χ0n) is 11.9. The van der Waals surface area contributed by atoms with Gasteiger partial charge in [0.1, 0.15) is 0 Å². The third kappa shape index (κ3) is 3.58. The number of nitrogens with zero attached hydrogens (tertiary/aromatic N) is 1. The van der Waals surface area contributed by atoms with Crippen LogP contribution in [0.1, 0.15) is 15.9 Å². The largest absolute Gasteiger partial charge is 0.321 e. The zero-order valence-corrected chi connectivity index (χ0v) is 13.5. The van der Waals surface area contributed by atoms with Gasteiger partial charge in [0.25, 0.3) is 11.6 Å². The standard InChI is InChI=1S/C15H13ClN2O3S/c1-9-3-4-10(18(20)21)7-14(9)17-15(19)12-8-11(22-2)5-6-13(12)16/h3-8H,1-2H3,(H,17,19). The highest BCUT2D eigenvalue weighted by atomic mass is 35.5. The second-order valence-corrected chi connectivity index (χ2v) is 5.84. The summed E-state index contributed by atoms with van der Waals surface area (Å²) in [6.07, 6.45) is 1.90. The Hall–Kier alpha value is -2.05. The number of rotatable bonds is 4. The first-order valence-electron chi connectivity index (χ1n) is 6.32. The van der Waals surface area contributed by atoms with Crippen molar-refractivity contribution in [3.05, 3.63) is 62.7 Å². The Morgan fingerprint density at radius 1 is 1.27 bits per heavy atom. The van der Waals surface area contributed by atoms with E-state index < -0.39 is 10.8 Å². The smallest absolute Gasteiger partial charge is 0.271 e. The fraction of sp³-hybridized carbons (Fsp3) is 0.133. The van der Waals surface area contributed by atoms with E-state index in [-0.39, 0.29) is 5.69 Å². The molecule has 0 heterocycles. The molecular weight excluding hydrogens is 324 g/mol. The minimum atomic E-state index is -0.504. The molecule has 0 unspecified atom stereocenters. The molecule has 0 saturated carbocycles. The van der Waals surface area contributed by atoms with Crippen LogP contribution >= 0.6 is 23.4 Å². The van der Waals surface area contributed by atoms with Crippen molar-refractivity contribution in [1.82, 2.24) is 0 Å². The number of nitro groups is 1. The number of hydrogen-bond donors (Lipinski definition) is 1. The Morgan fingerprint density at radius 3 is 2.64 bits per heavy atom. The number of benzene rings is 2. The molecule has 114 valence electrons. The minimum absolute atomic E-state index is 0.0788. The molecule has 0 atom stereocenters. The molecular formula is C15H13ClN2O3S. The monoisotopic (exact) mass is 336 g/mol. The Labute approximate surface area is 136 Å². The third-order valence-corrected chi connectivity index (χ3v) is 4.15. The van der Waals surface area contributed by atoms with Gasteiger partial charge >= 0.3 is 0 Å². The number of halogens is 1. The molecule has 0 aliphatic rings. The first-order valence-corrected chi connectivity index (χ1v) is 7.92. The van der Waals surface area contributed by atoms with Crippen LogP contribution in [0.2, 0.25) is 5.02 Å². The van der Waals surface area contributed by atoms with Crippen molar-refractivity contribution in [2.24, 2.45) is 0 Å². The topological polar surface area (TPSA) is 72.2 Å². The van der Waals surface area contributed by atoms with E-state index in [0.29, 0.717) is 16.3 Å². The summed E-state index contributed by atoms with van der Waals surface area (Å²) >= 11 is 7.55. The van der Waals surface area contributed by atoms with Crippen molar-refractivity contribution in [1.29, 1.82) is 0 Å². The molecule has 0 aromatic heterocycles. The van der Waals surface area contributed by atoms with Gasteiger partial charge in [-0.15, -0.1) is 11.8 Å². The first kappa shape index (κ1) is 16.3. The molecule has 0 saturated heterocycles. The SMILES string of the molecule is CSc1ccc(Cl)c(C(=O)Nc2cc([N+](=O)[O-])ccc2C)c1. The second-order valence-electron chi connectivity index (χ2n) is 4.56. The van der Waals surface area contributed by atoms with Crippen LogP contribution in [0.3, 0.4) is 0 Å². The van der Waals surface area contributed by atoms with E-state index in [1.165, 1.54) is 23.9 Å². The first-order chi connectivity index (χ1) is 10.4. The summed E-state index contributed by atoms with van der Waals surface area (Å²) in [6, 6.07) is 9.49. The van der Waals surface area contributed by atoms with E-state index in [9.17, 15) is 14.9 Å². The number of nitrogens with one attached hydrogen (secondary N) is 1. The summed E-state index contributed by atoms with van der Waals surface area (Å²) in [4.78, 5) is 23.6. The van der Waals surface area contributed by atoms with Gasteiger partial charge < -0.3 is 5.32 Å². The van der Waals surface area contributed by atoms with E-state index in [1.807, 2.05) is 12.3 Å². The number of thioether (sulfide) groups is 1. The van der Waals surface area contributed by atoms with Crippen molar-refractivity contribution in [2.45, 2.75) is 11.8 Å². The molecule has 0 fully saturated rings. The molecule has 0 aliphatic heterocycles. The van der Waals surface area contributed by atoms with Crippen LogP contribution in [-0.4, -0.2) is 17.1 Å². The lowest BCUT2D eigenvalue weighted by Gasteiger charge is -2.10. The molecule has 22 heavy (non-hydrogen) atoms. The molecule has 1 amide bonds. The summed E-state index contributed by atoms with van der Waals surface area (Å²) in [6.45, 7) is 1.76. The number of anilines is 1. The summed E-state index contributed by atoms with van der Waals surface area (Å²) in [5.41, 5.74) is 1.38. The van der Waals surface area contributed by atoms with Gasteiger partial charge in [-0.3, -0.25) is 14.9 Å². The van der Waals surface area contributed by atoms with E-state index >= 15 is 0 Å². The Bertz CT molecular complexity index is 750. The fourth-order valence-electron chi connectivity index (χ4n) is 1.85. The summed E-state index contributed by atoms with van der Waals surface area (Å²) in [5, 5.41) is 13.8.